The number of hydrogen-bond acceptors (Lipinski definition) is 2. The molecule has 2 aromatic carbocycles. The second-order valence-electron chi connectivity index (χ2n) is 6.13. The van der Waals surface area contributed by atoms with E-state index in [2.05, 4.69) is 24.4 Å². The Hall–Kier alpha value is -1.25. The van der Waals surface area contributed by atoms with Crippen molar-refractivity contribution in [1.29, 1.82) is 0 Å². The molecule has 0 amide bonds. The average molecular weight is 306 g/mol. The van der Waals surface area contributed by atoms with Crippen LogP contribution in [0.15, 0.2) is 36.4 Å². The molecule has 0 saturated heterocycles. The molecular weight excluding hydrogens is 282 g/mol. The fourth-order valence-corrected chi connectivity index (χ4v) is 3.38. The minimum atomic E-state index is 0. The maximum Gasteiger partial charge on any atom is 0.120 e. The smallest absolute Gasteiger partial charge is 0.120 e. The predicted octanol–water partition coefficient (Wildman–Crippen LogP) is 4.64. The highest BCUT2D eigenvalue weighted by Crippen LogP contribution is 2.28. The third-order valence-corrected chi connectivity index (χ3v) is 4.52. The number of aromatic hydroxyl groups is 1. The first-order chi connectivity index (χ1) is 9.74. The minimum absolute atomic E-state index is 0. The van der Waals surface area contributed by atoms with E-state index in [-0.39, 0.29) is 12.4 Å². The summed E-state index contributed by atoms with van der Waals surface area (Å²) in [5.74, 6) is 1.22. The van der Waals surface area contributed by atoms with Gasteiger partial charge in [-0.2, -0.15) is 0 Å². The summed E-state index contributed by atoms with van der Waals surface area (Å²) in [6, 6.07) is 12.7. The van der Waals surface area contributed by atoms with E-state index in [1.54, 1.807) is 0 Å². The number of phenols is 1. The quantitative estimate of drug-likeness (QED) is 0.866. The molecule has 0 spiro atoms. The largest absolute Gasteiger partial charge is 0.508 e. The number of rotatable bonds is 3. The molecule has 2 atom stereocenters. The summed E-state index contributed by atoms with van der Waals surface area (Å²) in [6.07, 6.45) is 5.19. The van der Waals surface area contributed by atoms with Gasteiger partial charge in [-0.05, 0) is 35.6 Å². The molecule has 0 aliphatic heterocycles. The molecule has 0 radical (unpaired) electrons. The Balaban J connectivity index is 0.00000161. The van der Waals surface area contributed by atoms with Crippen molar-refractivity contribution in [2.24, 2.45) is 5.92 Å². The van der Waals surface area contributed by atoms with Crippen LogP contribution in [0.3, 0.4) is 0 Å². The van der Waals surface area contributed by atoms with E-state index in [4.69, 9.17) is 0 Å². The van der Waals surface area contributed by atoms with Gasteiger partial charge in [0.25, 0.3) is 0 Å². The zero-order chi connectivity index (χ0) is 13.9. The Labute approximate surface area is 133 Å². The van der Waals surface area contributed by atoms with Crippen LogP contribution in [-0.2, 0) is 6.54 Å². The van der Waals surface area contributed by atoms with Crippen molar-refractivity contribution in [3.05, 3.63) is 42.0 Å². The summed E-state index contributed by atoms with van der Waals surface area (Å²) < 4.78 is 0. The zero-order valence-corrected chi connectivity index (χ0v) is 13.3. The summed E-state index contributed by atoms with van der Waals surface area (Å²) in [6.45, 7) is 3.09. The van der Waals surface area contributed by atoms with Gasteiger partial charge in [0.15, 0.2) is 0 Å². The fraction of sp³-hybridized carbons (Fsp3) is 0.444. The van der Waals surface area contributed by atoms with Crippen LogP contribution in [0.5, 0.6) is 5.75 Å². The summed E-state index contributed by atoms with van der Waals surface area (Å²) in [7, 11) is 0. The van der Waals surface area contributed by atoms with Crippen LogP contribution >= 0.6 is 12.4 Å². The first-order valence-electron chi connectivity index (χ1n) is 7.67. The van der Waals surface area contributed by atoms with Crippen LogP contribution in [0.2, 0.25) is 0 Å². The molecule has 2 N–H and O–H groups in total. The monoisotopic (exact) mass is 305 g/mol. The first kappa shape index (κ1) is 16.1. The van der Waals surface area contributed by atoms with Crippen LogP contribution < -0.4 is 5.32 Å². The highest BCUT2D eigenvalue weighted by Gasteiger charge is 2.18. The van der Waals surface area contributed by atoms with Crippen LogP contribution in [0, 0.1) is 5.92 Å². The SMILES string of the molecule is CC1CCCC(NCc2c(O)ccc3ccccc23)C1.Cl. The minimum Gasteiger partial charge on any atom is -0.508 e. The van der Waals surface area contributed by atoms with Gasteiger partial charge in [-0.3, -0.25) is 0 Å². The Morgan fingerprint density at radius 2 is 1.95 bits per heavy atom. The van der Waals surface area contributed by atoms with E-state index in [1.807, 2.05) is 24.3 Å². The molecule has 21 heavy (non-hydrogen) atoms. The molecule has 1 aliphatic rings. The molecule has 0 bridgehead atoms. The third kappa shape index (κ3) is 3.69. The lowest BCUT2D eigenvalue weighted by Gasteiger charge is -2.28. The van der Waals surface area contributed by atoms with Crippen LogP contribution in [0.4, 0.5) is 0 Å². The van der Waals surface area contributed by atoms with Gasteiger partial charge in [0.1, 0.15) is 5.75 Å². The number of fused-ring (bicyclic) bond motifs is 1. The lowest BCUT2D eigenvalue weighted by molar-refractivity contribution is 0.300. The van der Waals surface area contributed by atoms with Crippen LogP contribution in [0.1, 0.15) is 38.2 Å². The highest BCUT2D eigenvalue weighted by molar-refractivity contribution is 5.87. The number of phenolic OH excluding ortho intramolecular Hbond substituents is 1. The average Bonchev–Trinajstić information content (AvgIpc) is 2.46. The number of halogens is 1. The van der Waals surface area contributed by atoms with Crippen LogP contribution in [0.25, 0.3) is 10.8 Å². The molecule has 2 aromatic rings. The van der Waals surface area contributed by atoms with Gasteiger partial charge >= 0.3 is 0 Å². The van der Waals surface area contributed by atoms with E-state index in [0.29, 0.717) is 11.8 Å². The van der Waals surface area contributed by atoms with Crippen molar-refractivity contribution in [1.82, 2.24) is 5.32 Å². The molecule has 3 rings (SSSR count). The van der Waals surface area contributed by atoms with E-state index in [1.165, 1.54) is 31.1 Å². The Bertz CT molecular complexity index is 599. The lowest BCUT2D eigenvalue weighted by atomic mass is 9.87. The lowest BCUT2D eigenvalue weighted by Crippen LogP contribution is -2.33. The van der Waals surface area contributed by atoms with Crippen molar-refractivity contribution >= 4 is 23.2 Å². The molecular formula is C18H24ClNO. The molecule has 2 unspecified atom stereocenters. The number of benzene rings is 2. The highest BCUT2D eigenvalue weighted by atomic mass is 35.5. The fourth-order valence-electron chi connectivity index (χ4n) is 3.38. The van der Waals surface area contributed by atoms with Crippen molar-refractivity contribution in [2.75, 3.05) is 0 Å². The van der Waals surface area contributed by atoms with E-state index in [0.717, 1.165) is 23.4 Å². The van der Waals surface area contributed by atoms with Crippen molar-refractivity contribution in [3.8, 4) is 5.75 Å². The standard InChI is InChI=1S/C18H23NO.ClH/c1-13-5-4-7-15(11-13)19-12-17-16-8-3-2-6-14(16)9-10-18(17)20;/h2-3,6,8-10,13,15,19-20H,4-5,7,11-12H2,1H3;1H. The van der Waals surface area contributed by atoms with Gasteiger partial charge in [0.2, 0.25) is 0 Å². The topological polar surface area (TPSA) is 32.3 Å². The number of hydrogen-bond donors (Lipinski definition) is 2. The van der Waals surface area contributed by atoms with E-state index < -0.39 is 0 Å². The summed E-state index contributed by atoms with van der Waals surface area (Å²) in [5, 5.41) is 16.1. The summed E-state index contributed by atoms with van der Waals surface area (Å²) in [5.41, 5.74) is 1.03. The van der Waals surface area contributed by atoms with Gasteiger partial charge in [-0.15, -0.1) is 12.4 Å². The molecule has 1 fully saturated rings. The Kier molecular flexibility index (Phi) is 5.49. The van der Waals surface area contributed by atoms with Gasteiger partial charge in [0.05, 0.1) is 0 Å². The summed E-state index contributed by atoms with van der Waals surface area (Å²) >= 11 is 0. The van der Waals surface area contributed by atoms with E-state index >= 15 is 0 Å². The van der Waals surface area contributed by atoms with Gasteiger partial charge in [-0.1, -0.05) is 50.1 Å². The molecule has 114 valence electrons. The number of nitrogens with one attached hydrogen (secondary N) is 1. The second-order valence-corrected chi connectivity index (χ2v) is 6.13. The predicted molar refractivity (Wildman–Crippen MR) is 91.1 cm³/mol. The van der Waals surface area contributed by atoms with Crippen molar-refractivity contribution < 1.29 is 5.11 Å². The van der Waals surface area contributed by atoms with Crippen molar-refractivity contribution in [2.45, 2.75) is 45.2 Å². The second kappa shape index (κ2) is 7.15. The van der Waals surface area contributed by atoms with Gasteiger partial charge in [0, 0.05) is 18.2 Å². The molecule has 0 heterocycles. The molecule has 1 saturated carbocycles. The van der Waals surface area contributed by atoms with Gasteiger partial charge < -0.3 is 10.4 Å². The molecule has 2 nitrogen and oxygen atoms in total. The van der Waals surface area contributed by atoms with E-state index in [9.17, 15) is 5.11 Å². The molecule has 1 aliphatic carbocycles. The molecule has 0 aromatic heterocycles. The maximum atomic E-state index is 10.2. The van der Waals surface area contributed by atoms with Gasteiger partial charge in [-0.25, -0.2) is 0 Å². The third-order valence-electron chi connectivity index (χ3n) is 4.52. The first-order valence-corrected chi connectivity index (χ1v) is 7.67. The Morgan fingerprint density at radius 3 is 2.76 bits per heavy atom. The zero-order valence-electron chi connectivity index (χ0n) is 12.5. The normalized spacial score (nSPS) is 22.0. The maximum absolute atomic E-state index is 10.2. The summed E-state index contributed by atoms with van der Waals surface area (Å²) in [4.78, 5) is 0. The van der Waals surface area contributed by atoms with Crippen molar-refractivity contribution in [3.63, 3.8) is 0 Å². The molecule has 3 heteroatoms. The Morgan fingerprint density at radius 1 is 1.14 bits per heavy atom. The van der Waals surface area contributed by atoms with Crippen LogP contribution in [-0.4, -0.2) is 11.1 Å².